The van der Waals surface area contributed by atoms with Crippen LogP contribution in [0.5, 0.6) is 28.7 Å². The summed E-state index contributed by atoms with van der Waals surface area (Å²) in [6.45, 7) is 25.4. The van der Waals surface area contributed by atoms with Gasteiger partial charge in [0.1, 0.15) is 35.4 Å². The fourth-order valence-corrected chi connectivity index (χ4v) is 9.78. The van der Waals surface area contributed by atoms with Crippen LogP contribution in [0.3, 0.4) is 0 Å². The molecular weight excluding hydrogens is 1080 g/mol. The lowest BCUT2D eigenvalue weighted by Crippen LogP contribution is -2.38. The summed E-state index contributed by atoms with van der Waals surface area (Å²) < 4.78 is 99.3. The highest BCUT2D eigenvalue weighted by Crippen LogP contribution is 2.38. The second kappa shape index (κ2) is 34.3. The number of sulfone groups is 1. The molecule has 17 nitrogen and oxygen atoms in total. The number of hydrogen-bond donors (Lipinski definition) is 0. The SMILES string of the molecule is COCCOCCOCCOCCOCCOCCOCCOCCOCCOC(=O)C(C)(C)CC(C)(C)C(=O)Oc1ccc(C(C)(C)c2ccc(Oc3ccc(S(=O)(=O)c4ccc(Oc5ccc(C(C)(C)C)cc5)cc4)cc3)cc2)cc1. The standard InChI is InChI=1S/C65H88O17S/c1-62(2,3)50-11-17-53(18-12-50)80-55-23-27-58(28-24-55)83(68,69)59-29-25-56(26-30-59)81-54-19-13-51(14-20-54)65(8,9)52-15-21-57(22-16-52)82-61(67)64(6,7)49-63(4,5)60(66)79-48-47-78-46-45-77-44-43-76-42-41-75-40-39-74-38-37-73-36-35-72-34-33-71-32-31-70-10/h11-30H,31-49H2,1-10H3. The Hall–Kier alpha value is -5.77. The molecule has 18 heteroatoms. The molecule has 5 rings (SSSR count). The van der Waals surface area contributed by atoms with Gasteiger partial charge in [0, 0.05) is 12.5 Å². The molecule has 0 atom stereocenters. The van der Waals surface area contributed by atoms with Crippen molar-refractivity contribution in [2.75, 3.05) is 126 Å². The van der Waals surface area contributed by atoms with E-state index in [0.717, 1.165) is 11.1 Å². The van der Waals surface area contributed by atoms with Crippen LogP contribution in [-0.2, 0) is 77.6 Å². The Kier molecular flexibility index (Phi) is 28.1. The van der Waals surface area contributed by atoms with Crippen LogP contribution in [0.1, 0.15) is 85.4 Å². The van der Waals surface area contributed by atoms with Crippen molar-refractivity contribution in [3.63, 3.8) is 0 Å². The summed E-state index contributed by atoms with van der Waals surface area (Å²) in [5.41, 5.74) is 0.806. The minimum absolute atomic E-state index is 0.0249. The van der Waals surface area contributed by atoms with Gasteiger partial charge in [-0.3, -0.25) is 9.59 Å². The minimum Gasteiger partial charge on any atom is -0.463 e. The highest BCUT2D eigenvalue weighted by atomic mass is 32.2. The largest absolute Gasteiger partial charge is 0.463 e. The number of methoxy groups -OCH3 is 1. The average molecular weight is 1170 g/mol. The van der Waals surface area contributed by atoms with Gasteiger partial charge in [-0.05, 0) is 141 Å². The number of carbonyl (C=O) groups excluding carboxylic acids is 2. The third kappa shape index (κ3) is 23.7. The first kappa shape index (κ1) is 68.0. The molecule has 456 valence electrons. The molecule has 0 aromatic heterocycles. The summed E-state index contributed by atoms with van der Waals surface area (Å²) in [6.07, 6.45) is 0.190. The van der Waals surface area contributed by atoms with E-state index in [-0.39, 0.29) is 34.8 Å². The van der Waals surface area contributed by atoms with Crippen molar-refractivity contribution in [3.05, 3.63) is 138 Å². The Morgan fingerprint density at radius 1 is 0.349 bits per heavy atom. The number of ether oxygens (including phenoxy) is 13. The zero-order valence-electron chi connectivity index (χ0n) is 50.3. The van der Waals surface area contributed by atoms with Crippen molar-refractivity contribution in [3.8, 4) is 28.7 Å². The van der Waals surface area contributed by atoms with Gasteiger partial charge < -0.3 is 61.6 Å². The van der Waals surface area contributed by atoms with Crippen molar-refractivity contribution in [2.24, 2.45) is 10.8 Å². The third-order valence-corrected chi connectivity index (χ3v) is 15.1. The first-order chi connectivity index (χ1) is 39.6. The molecule has 83 heavy (non-hydrogen) atoms. The van der Waals surface area contributed by atoms with Crippen molar-refractivity contribution < 1.29 is 79.6 Å². The molecule has 0 saturated heterocycles. The molecule has 0 amide bonds. The summed E-state index contributed by atoms with van der Waals surface area (Å²) in [7, 11) is -2.16. The molecule has 0 aliphatic heterocycles. The maximum absolute atomic E-state index is 13.5. The molecule has 0 N–H and O–H groups in total. The molecule has 0 radical (unpaired) electrons. The summed E-state index contributed by atoms with van der Waals surface area (Å²) in [4.78, 5) is 26.9. The zero-order chi connectivity index (χ0) is 60.2. The van der Waals surface area contributed by atoms with E-state index in [1.165, 1.54) is 17.7 Å². The predicted molar refractivity (Wildman–Crippen MR) is 316 cm³/mol. The van der Waals surface area contributed by atoms with Gasteiger partial charge in [0.2, 0.25) is 9.84 Å². The molecule has 0 heterocycles. The van der Waals surface area contributed by atoms with Gasteiger partial charge in [0.25, 0.3) is 0 Å². The fourth-order valence-electron chi connectivity index (χ4n) is 8.52. The molecule has 5 aromatic carbocycles. The number of hydrogen-bond acceptors (Lipinski definition) is 17. The van der Waals surface area contributed by atoms with E-state index in [1.54, 1.807) is 83.3 Å². The summed E-state index contributed by atoms with van der Waals surface area (Å²) >= 11 is 0. The maximum Gasteiger partial charge on any atom is 0.316 e. The van der Waals surface area contributed by atoms with Crippen LogP contribution in [0.2, 0.25) is 0 Å². The average Bonchev–Trinajstić information content (AvgIpc) is 3.61. The highest BCUT2D eigenvalue weighted by Gasteiger charge is 2.41. The Morgan fingerprint density at radius 2 is 0.627 bits per heavy atom. The van der Waals surface area contributed by atoms with Gasteiger partial charge in [-0.1, -0.05) is 71.0 Å². The van der Waals surface area contributed by atoms with Crippen LogP contribution in [-0.4, -0.2) is 146 Å². The van der Waals surface area contributed by atoms with Crippen molar-refractivity contribution >= 4 is 21.8 Å². The molecule has 0 saturated carbocycles. The lowest BCUT2D eigenvalue weighted by Gasteiger charge is -2.31. The van der Waals surface area contributed by atoms with Crippen LogP contribution in [0.4, 0.5) is 0 Å². The van der Waals surface area contributed by atoms with Crippen molar-refractivity contribution in [2.45, 2.75) is 89.4 Å². The summed E-state index contributed by atoms with van der Waals surface area (Å²) in [5.74, 6) is 1.75. The van der Waals surface area contributed by atoms with Gasteiger partial charge in [0.05, 0.1) is 133 Å². The number of carbonyl (C=O) groups is 2. The molecule has 0 spiro atoms. The normalized spacial score (nSPS) is 12.3. The number of esters is 2. The van der Waals surface area contributed by atoms with E-state index >= 15 is 0 Å². The van der Waals surface area contributed by atoms with Crippen molar-refractivity contribution in [1.82, 2.24) is 0 Å². The topological polar surface area (TPSA) is 188 Å². The molecule has 0 bridgehead atoms. The molecule has 0 aliphatic rings. The minimum atomic E-state index is -3.79. The van der Waals surface area contributed by atoms with Gasteiger partial charge in [0.15, 0.2) is 0 Å². The zero-order valence-corrected chi connectivity index (χ0v) is 51.1. The molecule has 5 aromatic rings. The molecule has 0 fully saturated rings. The Balaban J connectivity index is 0.918. The van der Waals surface area contributed by atoms with Crippen LogP contribution in [0.25, 0.3) is 0 Å². The second-order valence-electron chi connectivity index (χ2n) is 22.5. The Labute approximate surface area is 492 Å². The first-order valence-corrected chi connectivity index (χ1v) is 29.7. The monoisotopic (exact) mass is 1170 g/mol. The summed E-state index contributed by atoms with van der Waals surface area (Å²) in [6, 6.07) is 35.7. The second-order valence-corrected chi connectivity index (χ2v) is 24.4. The fraction of sp³-hybridized carbons (Fsp3) is 0.508. The van der Waals surface area contributed by atoms with Crippen LogP contribution in [0.15, 0.2) is 131 Å². The van der Waals surface area contributed by atoms with Gasteiger partial charge >= 0.3 is 11.9 Å². The van der Waals surface area contributed by atoms with E-state index in [9.17, 15) is 18.0 Å². The molecular formula is C65H88O17S. The molecule has 0 unspecified atom stereocenters. The number of rotatable bonds is 40. The Morgan fingerprint density at radius 3 is 0.952 bits per heavy atom. The van der Waals surface area contributed by atoms with E-state index < -0.39 is 38.0 Å². The van der Waals surface area contributed by atoms with Gasteiger partial charge in [-0.25, -0.2) is 8.42 Å². The third-order valence-electron chi connectivity index (χ3n) is 13.3. The Bertz CT molecular complexity index is 2750. The van der Waals surface area contributed by atoms with Crippen LogP contribution < -0.4 is 14.2 Å². The lowest BCUT2D eigenvalue weighted by molar-refractivity contribution is -0.159. The smallest absolute Gasteiger partial charge is 0.316 e. The van der Waals surface area contributed by atoms with Crippen LogP contribution in [0, 0.1) is 10.8 Å². The number of benzene rings is 5. The van der Waals surface area contributed by atoms with E-state index in [4.69, 9.17) is 61.6 Å². The highest BCUT2D eigenvalue weighted by molar-refractivity contribution is 7.91. The molecule has 0 aliphatic carbocycles. The van der Waals surface area contributed by atoms with Gasteiger partial charge in [-0.15, -0.1) is 0 Å². The van der Waals surface area contributed by atoms with E-state index in [2.05, 4.69) is 34.6 Å². The summed E-state index contributed by atoms with van der Waals surface area (Å²) in [5, 5.41) is 0. The van der Waals surface area contributed by atoms with Crippen molar-refractivity contribution in [1.29, 1.82) is 0 Å². The van der Waals surface area contributed by atoms with Crippen LogP contribution >= 0.6 is 0 Å². The van der Waals surface area contributed by atoms with E-state index in [0.29, 0.717) is 134 Å². The maximum atomic E-state index is 13.5. The van der Waals surface area contributed by atoms with Gasteiger partial charge in [-0.2, -0.15) is 0 Å². The first-order valence-electron chi connectivity index (χ1n) is 28.2. The van der Waals surface area contributed by atoms with E-state index in [1.807, 2.05) is 60.7 Å². The predicted octanol–water partition coefficient (Wildman–Crippen LogP) is 11.4. The lowest BCUT2D eigenvalue weighted by atomic mass is 9.75. The quantitative estimate of drug-likeness (QED) is 0.0204.